The summed E-state index contributed by atoms with van der Waals surface area (Å²) in [7, 11) is 0. The Balaban J connectivity index is 1.95. The smallest absolute Gasteiger partial charge is 0.309 e. The summed E-state index contributed by atoms with van der Waals surface area (Å²) in [5.41, 5.74) is 0.957. The van der Waals surface area contributed by atoms with Crippen LogP contribution in [-0.2, 0) is 4.79 Å². The molecule has 3 rings (SSSR count). The van der Waals surface area contributed by atoms with Crippen LogP contribution in [0.2, 0.25) is 10.2 Å². The van der Waals surface area contributed by atoms with Crippen LogP contribution in [0.25, 0.3) is 0 Å². The minimum absolute atomic E-state index is 0.141. The van der Waals surface area contributed by atoms with Crippen molar-refractivity contribution in [2.24, 2.45) is 5.92 Å². The van der Waals surface area contributed by atoms with Gasteiger partial charge in [-0.1, -0.05) is 35.3 Å². The summed E-state index contributed by atoms with van der Waals surface area (Å²) in [5.74, 6) is -0.864. The van der Waals surface area contributed by atoms with Gasteiger partial charge >= 0.3 is 5.97 Å². The third-order valence-electron chi connectivity index (χ3n) is 4.33. The van der Waals surface area contributed by atoms with Crippen LogP contribution in [0.15, 0.2) is 36.4 Å². The highest BCUT2D eigenvalue weighted by Crippen LogP contribution is 2.39. The van der Waals surface area contributed by atoms with E-state index in [0.717, 1.165) is 5.56 Å². The van der Waals surface area contributed by atoms with Crippen molar-refractivity contribution >= 4 is 35.0 Å². The number of anilines is 1. The van der Waals surface area contributed by atoms with Gasteiger partial charge < -0.3 is 10.0 Å². The Morgan fingerprint density at radius 3 is 2.43 bits per heavy atom. The lowest BCUT2D eigenvalue weighted by Crippen LogP contribution is -2.33. The number of hydrogen-bond donors (Lipinski definition) is 1. The molecule has 0 bridgehead atoms. The first-order chi connectivity index (χ1) is 11.0. The molecule has 0 amide bonds. The highest BCUT2D eigenvalue weighted by atomic mass is 35.5. The summed E-state index contributed by atoms with van der Waals surface area (Å²) in [4.78, 5) is 13.7. The van der Waals surface area contributed by atoms with Gasteiger partial charge in [-0.05, 0) is 36.8 Å². The monoisotopic (exact) mass is 351 g/mol. The van der Waals surface area contributed by atoms with E-state index in [1.807, 2.05) is 24.0 Å². The lowest BCUT2D eigenvalue weighted by atomic mass is 9.86. The number of rotatable bonds is 3. The zero-order valence-corrected chi connectivity index (χ0v) is 13.9. The van der Waals surface area contributed by atoms with E-state index in [0.29, 0.717) is 22.5 Å². The predicted molar refractivity (Wildman–Crippen MR) is 89.2 cm³/mol. The minimum Gasteiger partial charge on any atom is -0.481 e. The Labute approximate surface area is 143 Å². The van der Waals surface area contributed by atoms with Gasteiger partial charge in [0.25, 0.3) is 0 Å². The number of halogens is 2. The van der Waals surface area contributed by atoms with E-state index in [2.05, 4.69) is 10.2 Å². The number of aliphatic carboxylic acids is 1. The van der Waals surface area contributed by atoms with Gasteiger partial charge in [0, 0.05) is 23.5 Å². The highest BCUT2D eigenvalue weighted by Gasteiger charge is 2.44. The summed E-state index contributed by atoms with van der Waals surface area (Å²) in [6, 6.07) is 10.5. The molecule has 0 spiro atoms. The largest absolute Gasteiger partial charge is 0.481 e. The van der Waals surface area contributed by atoms with E-state index in [9.17, 15) is 9.90 Å². The number of carboxylic acids is 1. The Morgan fingerprint density at radius 2 is 1.87 bits per heavy atom. The zero-order chi connectivity index (χ0) is 16.6. The maximum Gasteiger partial charge on any atom is 0.309 e. The van der Waals surface area contributed by atoms with Crippen molar-refractivity contribution in [3.63, 3.8) is 0 Å². The molecule has 1 fully saturated rings. The van der Waals surface area contributed by atoms with Crippen molar-refractivity contribution in [2.75, 3.05) is 11.4 Å². The average molecular weight is 352 g/mol. The fourth-order valence-corrected chi connectivity index (χ4v) is 3.41. The quantitative estimate of drug-likeness (QED) is 0.916. The molecule has 1 aliphatic heterocycles. The summed E-state index contributed by atoms with van der Waals surface area (Å²) in [5, 5.41) is 18.5. The molecule has 0 aliphatic carbocycles. The van der Waals surface area contributed by atoms with Gasteiger partial charge in [0.1, 0.15) is 0 Å². The van der Waals surface area contributed by atoms with Crippen molar-refractivity contribution in [3.05, 3.63) is 52.1 Å². The second-order valence-corrected chi connectivity index (χ2v) is 6.45. The Morgan fingerprint density at radius 1 is 1.17 bits per heavy atom. The molecule has 3 atom stereocenters. The molecule has 1 aromatic heterocycles. The summed E-state index contributed by atoms with van der Waals surface area (Å²) in [6.45, 7) is 2.45. The number of carboxylic acid groups (broad SMARTS) is 1. The standard InChI is InChI=1S/C16H15Cl2N3O2/c1-9-15(16(22)23)12(10-2-4-11(17)5-3-10)8-21(9)14-7-6-13(18)19-20-14/h2-7,9,12,15H,8H2,1H3,(H,22,23)/t9?,12-,15+/m0/s1. The van der Waals surface area contributed by atoms with Crippen molar-refractivity contribution < 1.29 is 9.90 Å². The predicted octanol–water partition coefficient (Wildman–Crippen LogP) is 3.48. The zero-order valence-electron chi connectivity index (χ0n) is 12.4. The lowest BCUT2D eigenvalue weighted by molar-refractivity contribution is -0.142. The van der Waals surface area contributed by atoms with Crippen molar-refractivity contribution in [1.82, 2.24) is 10.2 Å². The number of carbonyl (C=O) groups is 1. The van der Waals surface area contributed by atoms with Gasteiger partial charge in [0.15, 0.2) is 11.0 Å². The minimum atomic E-state index is -0.818. The molecule has 120 valence electrons. The van der Waals surface area contributed by atoms with E-state index in [1.165, 1.54) is 0 Å². The SMILES string of the molecule is CC1[C@@H](C(=O)O)[C@H](c2ccc(Cl)cc2)CN1c1ccc(Cl)nn1. The number of hydrogen-bond acceptors (Lipinski definition) is 4. The van der Waals surface area contributed by atoms with E-state index in [1.54, 1.807) is 24.3 Å². The Hall–Kier alpha value is -1.85. The molecule has 2 heterocycles. The Bertz CT molecular complexity index is 706. The van der Waals surface area contributed by atoms with Gasteiger partial charge in [0.2, 0.25) is 0 Å². The van der Waals surface area contributed by atoms with Gasteiger partial charge in [-0.2, -0.15) is 0 Å². The van der Waals surface area contributed by atoms with Crippen molar-refractivity contribution in [1.29, 1.82) is 0 Å². The van der Waals surface area contributed by atoms with Crippen LogP contribution in [-0.4, -0.2) is 33.9 Å². The molecule has 1 aromatic carbocycles. The molecule has 1 unspecified atom stereocenters. The molecule has 7 heteroatoms. The van der Waals surface area contributed by atoms with Gasteiger partial charge in [-0.15, -0.1) is 10.2 Å². The topological polar surface area (TPSA) is 66.3 Å². The fourth-order valence-electron chi connectivity index (χ4n) is 3.19. The van der Waals surface area contributed by atoms with E-state index in [4.69, 9.17) is 23.2 Å². The van der Waals surface area contributed by atoms with Gasteiger partial charge in [-0.25, -0.2) is 0 Å². The van der Waals surface area contributed by atoms with Crippen molar-refractivity contribution in [2.45, 2.75) is 18.9 Å². The summed E-state index contributed by atoms with van der Waals surface area (Å²) >= 11 is 11.7. The molecule has 0 saturated carbocycles. The maximum atomic E-state index is 11.8. The summed E-state index contributed by atoms with van der Waals surface area (Å²) in [6.07, 6.45) is 0. The molecule has 0 radical (unpaired) electrons. The second kappa shape index (κ2) is 6.34. The van der Waals surface area contributed by atoms with E-state index >= 15 is 0 Å². The first-order valence-electron chi connectivity index (χ1n) is 7.21. The van der Waals surface area contributed by atoms with Crippen LogP contribution in [0, 0.1) is 5.92 Å². The van der Waals surface area contributed by atoms with Crippen LogP contribution < -0.4 is 4.90 Å². The summed E-state index contributed by atoms with van der Waals surface area (Å²) < 4.78 is 0. The van der Waals surface area contributed by atoms with Crippen LogP contribution in [0.4, 0.5) is 5.82 Å². The Kier molecular flexibility index (Phi) is 4.41. The average Bonchev–Trinajstić information content (AvgIpc) is 2.86. The first kappa shape index (κ1) is 16.0. The third kappa shape index (κ3) is 3.12. The van der Waals surface area contributed by atoms with Gasteiger partial charge in [-0.3, -0.25) is 4.79 Å². The molecular weight excluding hydrogens is 337 g/mol. The highest BCUT2D eigenvalue weighted by molar-refractivity contribution is 6.30. The fraction of sp³-hybridized carbons (Fsp3) is 0.312. The number of aromatic nitrogens is 2. The normalized spacial score (nSPS) is 24.0. The second-order valence-electron chi connectivity index (χ2n) is 5.63. The molecule has 1 saturated heterocycles. The van der Waals surface area contributed by atoms with Crippen molar-refractivity contribution in [3.8, 4) is 0 Å². The molecule has 1 N–H and O–H groups in total. The number of nitrogens with zero attached hydrogens (tertiary/aromatic N) is 3. The van der Waals surface area contributed by atoms with Crippen LogP contribution >= 0.6 is 23.2 Å². The molecule has 5 nitrogen and oxygen atoms in total. The molecule has 23 heavy (non-hydrogen) atoms. The lowest BCUT2D eigenvalue weighted by Gasteiger charge is -2.23. The van der Waals surface area contributed by atoms with Gasteiger partial charge in [0.05, 0.1) is 5.92 Å². The molecule has 2 aromatic rings. The van der Waals surface area contributed by atoms with E-state index in [-0.39, 0.29) is 12.0 Å². The molecule has 1 aliphatic rings. The third-order valence-corrected chi connectivity index (χ3v) is 4.79. The maximum absolute atomic E-state index is 11.8. The van der Waals surface area contributed by atoms with Crippen LogP contribution in [0.5, 0.6) is 0 Å². The van der Waals surface area contributed by atoms with Crippen LogP contribution in [0.3, 0.4) is 0 Å². The molecular formula is C16H15Cl2N3O2. The van der Waals surface area contributed by atoms with E-state index < -0.39 is 11.9 Å². The van der Waals surface area contributed by atoms with Crippen LogP contribution in [0.1, 0.15) is 18.4 Å². The first-order valence-corrected chi connectivity index (χ1v) is 7.97. The number of benzene rings is 1.